The molecule has 0 amide bonds. The maximum atomic E-state index is 11.6. The molecule has 0 spiro atoms. The van der Waals surface area contributed by atoms with Gasteiger partial charge in [-0.1, -0.05) is 30.3 Å². The Kier molecular flexibility index (Phi) is 4.70. The first-order valence-electron chi connectivity index (χ1n) is 8.31. The van der Waals surface area contributed by atoms with Crippen LogP contribution in [0.2, 0.25) is 0 Å². The molecule has 0 saturated heterocycles. The molecule has 0 saturated carbocycles. The van der Waals surface area contributed by atoms with Crippen molar-refractivity contribution in [2.24, 2.45) is 0 Å². The van der Waals surface area contributed by atoms with Gasteiger partial charge in [0.15, 0.2) is 5.65 Å². The van der Waals surface area contributed by atoms with E-state index in [2.05, 4.69) is 10.1 Å². The Morgan fingerprint density at radius 2 is 1.96 bits per heavy atom. The number of aromatic nitrogens is 3. The highest BCUT2D eigenvalue weighted by atomic mass is 16.5. The quantitative estimate of drug-likeness (QED) is 0.722. The lowest BCUT2D eigenvalue weighted by molar-refractivity contribution is -0.143. The number of carbonyl (C=O) groups excluding carboxylic acids is 1. The second-order valence-corrected chi connectivity index (χ2v) is 5.88. The molecule has 130 valence electrons. The maximum absolute atomic E-state index is 11.6. The summed E-state index contributed by atoms with van der Waals surface area (Å²) in [4.78, 5) is 16.2. The molecule has 3 rings (SSSR count). The summed E-state index contributed by atoms with van der Waals surface area (Å²) in [5.74, 6) is -0.264. The first kappa shape index (κ1) is 17.0. The van der Waals surface area contributed by atoms with E-state index in [1.165, 1.54) is 4.52 Å². The van der Waals surface area contributed by atoms with Gasteiger partial charge in [-0.2, -0.15) is 9.61 Å². The number of hydrogen-bond acceptors (Lipinski definition) is 5. The third-order valence-electron chi connectivity index (χ3n) is 4.20. The van der Waals surface area contributed by atoms with Crippen LogP contribution in [0.4, 0.5) is 0 Å². The van der Waals surface area contributed by atoms with Crippen LogP contribution in [0.5, 0.6) is 5.88 Å². The fourth-order valence-corrected chi connectivity index (χ4v) is 2.91. The van der Waals surface area contributed by atoms with Crippen molar-refractivity contribution in [3.63, 3.8) is 0 Å². The smallest absolute Gasteiger partial charge is 0.306 e. The van der Waals surface area contributed by atoms with Crippen LogP contribution >= 0.6 is 0 Å². The van der Waals surface area contributed by atoms with E-state index in [1.54, 1.807) is 6.92 Å². The van der Waals surface area contributed by atoms with Crippen molar-refractivity contribution in [3.8, 4) is 17.1 Å². The fraction of sp³-hybridized carbons (Fsp3) is 0.316. The highest BCUT2D eigenvalue weighted by molar-refractivity contribution is 5.72. The van der Waals surface area contributed by atoms with E-state index in [4.69, 9.17) is 4.74 Å². The molecular formula is C19H21N3O3. The second kappa shape index (κ2) is 6.93. The molecule has 1 N–H and O–H groups in total. The minimum absolute atomic E-state index is 0.0251. The zero-order chi connectivity index (χ0) is 18.0. The molecule has 2 heterocycles. The number of benzene rings is 1. The number of aryl methyl sites for hydroxylation is 2. The van der Waals surface area contributed by atoms with Crippen molar-refractivity contribution in [2.45, 2.75) is 33.6 Å². The summed E-state index contributed by atoms with van der Waals surface area (Å²) >= 11 is 0. The third-order valence-corrected chi connectivity index (χ3v) is 4.20. The van der Waals surface area contributed by atoms with E-state index in [0.717, 1.165) is 16.8 Å². The zero-order valence-corrected chi connectivity index (χ0v) is 14.6. The number of aromatic hydroxyl groups is 1. The van der Waals surface area contributed by atoms with Crippen molar-refractivity contribution in [1.82, 2.24) is 14.6 Å². The average molecular weight is 339 g/mol. The lowest BCUT2D eigenvalue weighted by Crippen LogP contribution is -2.08. The zero-order valence-electron chi connectivity index (χ0n) is 14.6. The minimum Gasteiger partial charge on any atom is -0.493 e. The Labute approximate surface area is 146 Å². The molecule has 0 unspecified atom stereocenters. The van der Waals surface area contributed by atoms with E-state index in [0.29, 0.717) is 29.9 Å². The molecule has 0 bridgehead atoms. The Bertz CT molecular complexity index is 917. The molecule has 3 aromatic rings. The molecule has 0 radical (unpaired) electrons. The molecule has 0 aliphatic heterocycles. The first-order valence-corrected chi connectivity index (χ1v) is 8.31. The molecule has 6 nitrogen and oxygen atoms in total. The number of ether oxygens (including phenoxy) is 1. The SMILES string of the molecule is CCOC(=O)CCc1c(C)nc2c(C)c(-c3ccccc3)nn2c1O. The van der Waals surface area contributed by atoms with Crippen molar-refractivity contribution >= 4 is 11.6 Å². The van der Waals surface area contributed by atoms with Crippen molar-refractivity contribution in [1.29, 1.82) is 0 Å². The molecule has 1 aromatic carbocycles. The molecular weight excluding hydrogens is 318 g/mol. The topological polar surface area (TPSA) is 76.7 Å². The second-order valence-electron chi connectivity index (χ2n) is 5.88. The largest absolute Gasteiger partial charge is 0.493 e. The van der Waals surface area contributed by atoms with Crippen molar-refractivity contribution < 1.29 is 14.6 Å². The molecule has 6 heteroatoms. The van der Waals surface area contributed by atoms with Gasteiger partial charge in [-0.3, -0.25) is 4.79 Å². The van der Waals surface area contributed by atoms with Gasteiger partial charge in [0, 0.05) is 28.8 Å². The van der Waals surface area contributed by atoms with Gasteiger partial charge in [-0.25, -0.2) is 4.98 Å². The molecule has 25 heavy (non-hydrogen) atoms. The summed E-state index contributed by atoms with van der Waals surface area (Å²) in [7, 11) is 0. The number of nitrogens with zero attached hydrogens (tertiary/aromatic N) is 3. The molecule has 0 aliphatic carbocycles. The van der Waals surface area contributed by atoms with Gasteiger partial charge in [0.2, 0.25) is 5.88 Å². The molecule has 2 aromatic heterocycles. The van der Waals surface area contributed by atoms with Crippen LogP contribution in [0, 0.1) is 13.8 Å². The normalized spacial score (nSPS) is 11.0. The van der Waals surface area contributed by atoms with E-state index in [9.17, 15) is 9.90 Å². The van der Waals surface area contributed by atoms with Crippen LogP contribution in [-0.2, 0) is 16.0 Å². The lowest BCUT2D eigenvalue weighted by Gasteiger charge is -2.09. The molecule has 0 aliphatic rings. The highest BCUT2D eigenvalue weighted by Crippen LogP contribution is 2.29. The van der Waals surface area contributed by atoms with Crippen molar-refractivity contribution in [2.75, 3.05) is 6.61 Å². The van der Waals surface area contributed by atoms with Crippen molar-refractivity contribution in [3.05, 3.63) is 47.2 Å². The van der Waals surface area contributed by atoms with E-state index >= 15 is 0 Å². The predicted molar refractivity (Wildman–Crippen MR) is 94.5 cm³/mol. The minimum atomic E-state index is -0.289. The summed E-state index contributed by atoms with van der Waals surface area (Å²) < 4.78 is 6.40. The van der Waals surface area contributed by atoms with Gasteiger partial charge >= 0.3 is 5.97 Å². The van der Waals surface area contributed by atoms with E-state index in [-0.39, 0.29) is 18.3 Å². The number of rotatable bonds is 5. The monoisotopic (exact) mass is 339 g/mol. The summed E-state index contributed by atoms with van der Waals surface area (Å²) in [5.41, 5.74) is 4.58. The highest BCUT2D eigenvalue weighted by Gasteiger charge is 2.19. The number of fused-ring (bicyclic) bond motifs is 1. The fourth-order valence-electron chi connectivity index (χ4n) is 2.91. The third kappa shape index (κ3) is 3.20. The van der Waals surface area contributed by atoms with Gasteiger partial charge in [-0.05, 0) is 27.2 Å². The van der Waals surface area contributed by atoms with Gasteiger partial charge < -0.3 is 9.84 Å². The number of esters is 1. The van der Waals surface area contributed by atoms with Gasteiger partial charge in [0.1, 0.15) is 0 Å². The Balaban J connectivity index is 2.03. The van der Waals surface area contributed by atoms with Crippen LogP contribution in [0.1, 0.15) is 30.2 Å². The van der Waals surface area contributed by atoms with Crippen LogP contribution in [0.25, 0.3) is 16.9 Å². The van der Waals surface area contributed by atoms with Crippen LogP contribution in [0.15, 0.2) is 30.3 Å². The number of carbonyl (C=O) groups is 1. The first-order chi connectivity index (χ1) is 12.0. The van der Waals surface area contributed by atoms with E-state index < -0.39 is 0 Å². The lowest BCUT2D eigenvalue weighted by atomic mass is 10.1. The standard InChI is InChI=1S/C19H21N3O3/c1-4-25-16(23)11-10-15-13(3)20-18-12(2)17(21-22(18)19(15)24)14-8-6-5-7-9-14/h5-9,24H,4,10-11H2,1-3H3. The molecule has 0 fully saturated rings. The van der Waals surface area contributed by atoms with Crippen LogP contribution in [-0.4, -0.2) is 32.3 Å². The maximum Gasteiger partial charge on any atom is 0.306 e. The number of hydrogen-bond donors (Lipinski definition) is 1. The summed E-state index contributed by atoms with van der Waals surface area (Å²) in [5, 5.41) is 15.2. The van der Waals surface area contributed by atoms with Gasteiger partial charge in [0.25, 0.3) is 0 Å². The van der Waals surface area contributed by atoms with E-state index in [1.807, 2.05) is 44.2 Å². The Morgan fingerprint density at radius 1 is 1.24 bits per heavy atom. The van der Waals surface area contributed by atoms with Gasteiger partial charge in [0.05, 0.1) is 12.3 Å². The Hall–Kier alpha value is -2.89. The van der Waals surface area contributed by atoms with Gasteiger partial charge in [-0.15, -0.1) is 0 Å². The Morgan fingerprint density at radius 3 is 2.64 bits per heavy atom. The molecule has 0 atom stereocenters. The van der Waals surface area contributed by atoms with Crippen LogP contribution in [0.3, 0.4) is 0 Å². The summed E-state index contributed by atoms with van der Waals surface area (Å²) in [6, 6.07) is 9.78. The average Bonchev–Trinajstić information content (AvgIpc) is 2.93. The predicted octanol–water partition coefficient (Wildman–Crippen LogP) is 3.21. The summed E-state index contributed by atoms with van der Waals surface area (Å²) in [6.07, 6.45) is 0.556. The van der Waals surface area contributed by atoms with Crippen LogP contribution < -0.4 is 0 Å². The summed E-state index contributed by atoms with van der Waals surface area (Å²) in [6.45, 7) is 5.88.